The van der Waals surface area contributed by atoms with E-state index in [4.69, 9.17) is 11.6 Å². The van der Waals surface area contributed by atoms with Crippen LogP contribution in [0, 0.1) is 10.8 Å². The third-order valence-electron chi connectivity index (χ3n) is 5.66. The Kier molecular flexibility index (Phi) is 3.71. The summed E-state index contributed by atoms with van der Waals surface area (Å²) in [6.07, 6.45) is 6.13. The Morgan fingerprint density at radius 2 is 1.94 bits per heavy atom. The van der Waals surface area contributed by atoms with Gasteiger partial charge in [0.25, 0.3) is 0 Å². The summed E-state index contributed by atoms with van der Waals surface area (Å²) in [4.78, 5) is 0.487. The molecule has 2 aliphatic rings. The van der Waals surface area contributed by atoms with Crippen molar-refractivity contribution in [1.29, 1.82) is 0 Å². The fraction of sp³-hybridized carbons (Fsp3) is 0.867. The van der Waals surface area contributed by atoms with Crippen molar-refractivity contribution in [2.75, 3.05) is 0 Å². The van der Waals surface area contributed by atoms with E-state index >= 15 is 0 Å². The normalized spacial score (nSPS) is 48.1. The van der Waals surface area contributed by atoms with Crippen LogP contribution in [-0.2, 0) is 0 Å². The van der Waals surface area contributed by atoms with Gasteiger partial charge in [-0.25, -0.2) is 0 Å². The molecule has 0 heterocycles. The van der Waals surface area contributed by atoms with Gasteiger partial charge in [0, 0.05) is 4.83 Å². The first-order valence-corrected chi connectivity index (χ1v) is 8.16. The van der Waals surface area contributed by atoms with Gasteiger partial charge in [-0.1, -0.05) is 41.4 Å². The van der Waals surface area contributed by atoms with Gasteiger partial charge < -0.3 is 5.11 Å². The van der Waals surface area contributed by atoms with Gasteiger partial charge in [-0.2, -0.15) is 0 Å². The van der Waals surface area contributed by atoms with E-state index in [1.165, 1.54) is 5.57 Å². The van der Waals surface area contributed by atoms with Gasteiger partial charge in [0.15, 0.2) is 0 Å². The van der Waals surface area contributed by atoms with Crippen LogP contribution in [0.15, 0.2) is 11.6 Å². The van der Waals surface area contributed by atoms with E-state index in [0.717, 1.165) is 25.7 Å². The molecule has 0 aromatic carbocycles. The molecule has 4 unspecified atom stereocenters. The zero-order chi connectivity index (χ0) is 13.8. The predicted octanol–water partition coefficient (Wildman–Crippen LogP) is 4.65. The lowest BCUT2D eigenvalue weighted by atomic mass is 9.50. The minimum absolute atomic E-state index is 0.133. The van der Waals surface area contributed by atoms with Crippen LogP contribution < -0.4 is 0 Å². The van der Waals surface area contributed by atoms with Crippen LogP contribution >= 0.6 is 27.5 Å². The summed E-state index contributed by atoms with van der Waals surface area (Å²) in [6.45, 7) is 8.79. The third kappa shape index (κ3) is 1.99. The Labute approximate surface area is 124 Å². The highest BCUT2D eigenvalue weighted by atomic mass is 79.9. The molecule has 0 bridgehead atoms. The van der Waals surface area contributed by atoms with Crippen molar-refractivity contribution in [2.45, 2.75) is 69.2 Å². The lowest BCUT2D eigenvalue weighted by Crippen LogP contribution is -2.55. The fourth-order valence-corrected chi connectivity index (χ4v) is 4.77. The van der Waals surface area contributed by atoms with Crippen molar-refractivity contribution >= 4 is 27.5 Å². The van der Waals surface area contributed by atoms with Crippen LogP contribution in [0.25, 0.3) is 0 Å². The molecule has 2 rings (SSSR count). The Morgan fingerprint density at radius 1 is 1.33 bits per heavy atom. The molecule has 1 saturated carbocycles. The van der Waals surface area contributed by atoms with Crippen LogP contribution in [0.3, 0.4) is 0 Å². The monoisotopic (exact) mass is 334 g/mol. The van der Waals surface area contributed by atoms with Gasteiger partial charge in [-0.15, -0.1) is 11.6 Å². The van der Waals surface area contributed by atoms with Crippen molar-refractivity contribution < 1.29 is 5.11 Å². The molecule has 2 aliphatic carbocycles. The Bertz CT molecular complexity index is 375. The predicted molar refractivity (Wildman–Crippen MR) is 81.4 cm³/mol. The van der Waals surface area contributed by atoms with Gasteiger partial charge in [0.1, 0.15) is 0 Å². The SMILES string of the molecule is CC1=CCC(Br)C(C)(C)C12CCC(C)(O)C(Cl)C2. The van der Waals surface area contributed by atoms with Gasteiger partial charge in [-0.3, -0.25) is 0 Å². The van der Waals surface area contributed by atoms with Crippen LogP contribution in [0.5, 0.6) is 0 Å². The van der Waals surface area contributed by atoms with E-state index in [1.807, 2.05) is 6.92 Å². The first kappa shape index (κ1) is 14.9. The van der Waals surface area contributed by atoms with Crippen molar-refractivity contribution in [3.05, 3.63) is 11.6 Å². The molecule has 0 radical (unpaired) electrons. The minimum Gasteiger partial charge on any atom is -0.389 e. The zero-order valence-corrected chi connectivity index (χ0v) is 14.1. The summed E-state index contributed by atoms with van der Waals surface area (Å²) in [5, 5.41) is 10.2. The average molecular weight is 336 g/mol. The second kappa shape index (κ2) is 4.49. The van der Waals surface area contributed by atoms with Crippen molar-refractivity contribution in [2.24, 2.45) is 10.8 Å². The summed E-state index contributed by atoms with van der Waals surface area (Å²) in [7, 11) is 0. The first-order valence-electron chi connectivity index (χ1n) is 6.81. The molecule has 0 saturated heterocycles. The lowest BCUT2D eigenvalue weighted by Gasteiger charge is -2.58. The van der Waals surface area contributed by atoms with Gasteiger partial charge in [0.05, 0.1) is 11.0 Å². The van der Waals surface area contributed by atoms with E-state index in [0.29, 0.717) is 4.83 Å². The van der Waals surface area contributed by atoms with Crippen LogP contribution in [0.2, 0.25) is 0 Å². The molecular formula is C15H24BrClO. The first-order chi connectivity index (χ1) is 8.13. The average Bonchev–Trinajstić information content (AvgIpc) is 2.27. The van der Waals surface area contributed by atoms with E-state index in [-0.39, 0.29) is 16.2 Å². The maximum Gasteiger partial charge on any atom is 0.0783 e. The molecule has 0 aliphatic heterocycles. The van der Waals surface area contributed by atoms with E-state index in [2.05, 4.69) is 42.8 Å². The highest BCUT2D eigenvalue weighted by Gasteiger charge is 2.56. The maximum atomic E-state index is 10.3. The molecule has 4 atom stereocenters. The number of aliphatic hydroxyl groups is 1. The van der Waals surface area contributed by atoms with Crippen molar-refractivity contribution in [3.8, 4) is 0 Å². The Hall–Kier alpha value is 0.470. The molecule has 1 nitrogen and oxygen atoms in total. The standard InChI is InChI=1S/C15H24BrClO/c1-10-5-6-11(16)13(2,3)15(10)8-7-14(4,18)12(17)9-15/h5,11-12,18H,6-9H2,1-4H3. The molecule has 1 fully saturated rings. The quantitative estimate of drug-likeness (QED) is 0.504. The lowest BCUT2D eigenvalue weighted by molar-refractivity contribution is -0.0455. The summed E-state index contributed by atoms with van der Waals surface area (Å²) >= 11 is 10.3. The van der Waals surface area contributed by atoms with E-state index in [1.54, 1.807) is 0 Å². The molecule has 18 heavy (non-hydrogen) atoms. The number of halogens is 2. The molecule has 0 aromatic rings. The number of allylic oxidation sites excluding steroid dienone is 2. The molecule has 1 spiro atoms. The summed E-state index contributed by atoms with van der Waals surface area (Å²) in [6, 6.07) is 0. The fourth-order valence-electron chi connectivity index (χ4n) is 3.77. The van der Waals surface area contributed by atoms with Gasteiger partial charge >= 0.3 is 0 Å². The highest BCUT2D eigenvalue weighted by Crippen LogP contribution is 2.61. The molecule has 104 valence electrons. The Morgan fingerprint density at radius 3 is 2.50 bits per heavy atom. The summed E-state index contributed by atoms with van der Waals surface area (Å²) in [5.74, 6) is 0. The van der Waals surface area contributed by atoms with Crippen molar-refractivity contribution in [3.63, 3.8) is 0 Å². The second-order valence-corrected chi connectivity index (χ2v) is 8.56. The van der Waals surface area contributed by atoms with E-state index < -0.39 is 5.60 Å². The summed E-state index contributed by atoms with van der Waals surface area (Å²) in [5.41, 5.74) is 1.05. The topological polar surface area (TPSA) is 20.2 Å². The molecule has 3 heteroatoms. The van der Waals surface area contributed by atoms with Gasteiger partial charge in [0.2, 0.25) is 0 Å². The van der Waals surface area contributed by atoms with Crippen LogP contribution in [-0.4, -0.2) is 20.9 Å². The molecule has 1 N–H and O–H groups in total. The maximum absolute atomic E-state index is 10.3. The number of alkyl halides is 2. The second-order valence-electron chi connectivity index (χ2n) is 6.92. The number of hydrogen-bond acceptors (Lipinski definition) is 1. The van der Waals surface area contributed by atoms with Crippen molar-refractivity contribution in [1.82, 2.24) is 0 Å². The molecule has 0 amide bonds. The smallest absolute Gasteiger partial charge is 0.0783 e. The third-order valence-corrected chi connectivity index (χ3v) is 7.81. The summed E-state index contributed by atoms with van der Waals surface area (Å²) < 4.78 is 0. The van der Waals surface area contributed by atoms with E-state index in [9.17, 15) is 5.11 Å². The highest BCUT2D eigenvalue weighted by molar-refractivity contribution is 9.09. The van der Waals surface area contributed by atoms with Crippen LogP contribution in [0.1, 0.15) is 53.4 Å². The minimum atomic E-state index is -0.720. The van der Waals surface area contributed by atoms with Crippen LogP contribution in [0.4, 0.5) is 0 Å². The number of rotatable bonds is 0. The molecule has 0 aromatic heterocycles. The Balaban J connectivity index is 2.41. The largest absolute Gasteiger partial charge is 0.389 e. The molecular weight excluding hydrogens is 312 g/mol. The zero-order valence-electron chi connectivity index (χ0n) is 11.8. The van der Waals surface area contributed by atoms with Gasteiger partial charge in [-0.05, 0) is 50.4 Å². The number of hydrogen-bond donors (Lipinski definition) is 1.